The second-order valence-corrected chi connectivity index (χ2v) is 10.8. The smallest absolute Gasteiger partial charge is 0.310 e. The number of amides is 2. The molecule has 1 spiro atoms. The summed E-state index contributed by atoms with van der Waals surface area (Å²) in [6.07, 6.45) is 4.49. The highest BCUT2D eigenvalue weighted by Gasteiger charge is 2.80. The van der Waals surface area contributed by atoms with Crippen LogP contribution in [0, 0.1) is 23.7 Å². The van der Waals surface area contributed by atoms with E-state index in [0.29, 0.717) is 19.4 Å². The summed E-state index contributed by atoms with van der Waals surface area (Å²) in [4.78, 5) is 44.1. The van der Waals surface area contributed by atoms with E-state index in [1.807, 2.05) is 27.7 Å². The molecule has 0 saturated carbocycles. The molecule has 0 aromatic heterocycles. The van der Waals surface area contributed by atoms with Crippen LogP contribution in [0.1, 0.15) is 67.2 Å². The molecule has 34 heavy (non-hydrogen) atoms. The van der Waals surface area contributed by atoms with Gasteiger partial charge in [0.2, 0.25) is 11.8 Å². The summed E-state index contributed by atoms with van der Waals surface area (Å²) in [6, 6.07) is -1.66. The van der Waals surface area contributed by atoms with E-state index in [4.69, 9.17) is 4.74 Å². The van der Waals surface area contributed by atoms with Gasteiger partial charge in [0, 0.05) is 12.6 Å². The molecule has 4 unspecified atom stereocenters. The van der Waals surface area contributed by atoms with Gasteiger partial charge in [0.1, 0.15) is 17.6 Å². The molecule has 3 heterocycles. The number of aliphatic hydroxyl groups excluding tert-OH is 1. The molecule has 3 saturated heterocycles. The number of nitrogens with zero attached hydrogens (tertiary/aromatic N) is 2. The monoisotopic (exact) mass is 478 g/mol. The number of fused-ring (bicyclic) bond motifs is 1. The number of likely N-dealkylation sites (tertiary alicyclic amines) is 1. The van der Waals surface area contributed by atoms with Crippen molar-refractivity contribution in [2.45, 2.75) is 96.6 Å². The Bertz CT molecular complexity index is 832. The van der Waals surface area contributed by atoms with Gasteiger partial charge in [-0.25, -0.2) is 0 Å². The first-order valence-corrected chi connectivity index (χ1v) is 12.7. The molecular formula is C26H42N2O6. The summed E-state index contributed by atoms with van der Waals surface area (Å²) in [7, 11) is 0. The minimum Gasteiger partial charge on any atom is -0.481 e. The van der Waals surface area contributed by atoms with Gasteiger partial charge in [-0.3, -0.25) is 14.4 Å². The zero-order valence-electron chi connectivity index (χ0n) is 21.5. The highest BCUT2D eigenvalue weighted by Crippen LogP contribution is 2.65. The SMILES string of the molecule is C=CCN(C(=O)C1N([C@@H](CO)[C@@H](C)CC)C(=O)[C@@H]2[C@H](C(=O)O)[C@@]3(C)OC12CC3C)C(C)CCC. The van der Waals surface area contributed by atoms with E-state index in [1.165, 1.54) is 4.90 Å². The minimum absolute atomic E-state index is 0.0751. The van der Waals surface area contributed by atoms with Crippen molar-refractivity contribution in [3.05, 3.63) is 12.7 Å². The topological polar surface area (TPSA) is 107 Å². The van der Waals surface area contributed by atoms with Crippen molar-refractivity contribution in [1.82, 2.24) is 9.80 Å². The van der Waals surface area contributed by atoms with Gasteiger partial charge in [0.25, 0.3) is 0 Å². The second kappa shape index (κ2) is 9.61. The van der Waals surface area contributed by atoms with Gasteiger partial charge in [0.15, 0.2) is 0 Å². The van der Waals surface area contributed by atoms with Gasteiger partial charge >= 0.3 is 5.97 Å². The average molecular weight is 479 g/mol. The minimum atomic E-state index is -1.22. The van der Waals surface area contributed by atoms with E-state index in [2.05, 4.69) is 13.5 Å². The summed E-state index contributed by atoms with van der Waals surface area (Å²) in [5, 5.41) is 20.5. The van der Waals surface area contributed by atoms with Crippen molar-refractivity contribution in [2.24, 2.45) is 23.7 Å². The lowest BCUT2D eigenvalue weighted by Crippen LogP contribution is -2.61. The van der Waals surface area contributed by atoms with Gasteiger partial charge in [-0.05, 0) is 38.5 Å². The fraction of sp³-hybridized carbons (Fsp3) is 0.808. The van der Waals surface area contributed by atoms with Crippen molar-refractivity contribution < 1.29 is 29.3 Å². The molecule has 3 fully saturated rings. The molecule has 0 aromatic rings. The lowest BCUT2D eigenvalue weighted by Gasteiger charge is -2.42. The van der Waals surface area contributed by atoms with Crippen LogP contribution in [0.3, 0.4) is 0 Å². The number of hydrogen-bond acceptors (Lipinski definition) is 5. The molecule has 0 radical (unpaired) electrons. The number of ether oxygens (including phenoxy) is 1. The van der Waals surface area contributed by atoms with E-state index in [9.17, 15) is 24.6 Å². The zero-order chi connectivity index (χ0) is 25.6. The van der Waals surface area contributed by atoms with Crippen molar-refractivity contribution in [2.75, 3.05) is 13.2 Å². The quantitative estimate of drug-likeness (QED) is 0.442. The normalized spacial score (nSPS) is 36.8. The molecule has 192 valence electrons. The fourth-order valence-electron chi connectivity index (χ4n) is 6.86. The maximum Gasteiger partial charge on any atom is 0.310 e. The Labute approximate surface area is 203 Å². The molecule has 2 bridgehead atoms. The predicted octanol–water partition coefficient (Wildman–Crippen LogP) is 2.69. The molecule has 8 heteroatoms. The number of carbonyl (C=O) groups excluding carboxylic acids is 2. The van der Waals surface area contributed by atoms with Gasteiger partial charge in [0.05, 0.1) is 24.2 Å². The third-order valence-electron chi connectivity index (χ3n) is 8.95. The van der Waals surface area contributed by atoms with E-state index < -0.39 is 41.1 Å². The van der Waals surface area contributed by atoms with Crippen LogP contribution in [0.4, 0.5) is 0 Å². The van der Waals surface area contributed by atoms with Crippen LogP contribution in [0.15, 0.2) is 12.7 Å². The molecule has 2 amide bonds. The van der Waals surface area contributed by atoms with Gasteiger partial charge in [-0.15, -0.1) is 6.58 Å². The Balaban J connectivity index is 2.19. The van der Waals surface area contributed by atoms with Gasteiger partial charge in [-0.1, -0.05) is 46.6 Å². The Morgan fingerprint density at radius 1 is 1.35 bits per heavy atom. The largest absolute Gasteiger partial charge is 0.481 e. The van der Waals surface area contributed by atoms with Crippen LogP contribution >= 0.6 is 0 Å². The first-order chi connectivity index (χ1) is 16.0. The van der Waals surface area contributed by atoms with Crippen molar-refractivity contribution in [1.29, 1.82) is 0 Å². The first-order valence-electron chi connectivity index (χ1n) is 12.7. The average Bonchev–Trinajstić information content (AvgIpc) is 3.29. The molecule has 2 N–H and O–H groups in total. The standard InChI is InChI=1S/C26H42N2O6/c1-8-11-17(6)27(12-9-2)23(31)21-26-13-16(5)25(7,34-26)20(24(32)33)19(26)22(30)28(21)18(14-29)15(4)10-3/h9,15-21,29H,2,8,10-14H2,1,3-7H3,(H,32,33)/t15-,16?,17?,18-,19-,20+,21?,25-,26?/m0/s1. The van der Waals surface area contributed by atoms with Gasteiger partial charge in [-0.2, -0.15) is 0 Å². The van der Waals surface area contributed by atoms with Crippen LogP contribution in [-0.2, 0) is 19.1 Å². The van der Waals surface area contributed by atoms with E-state index >= 15 is 0 Å². The third kappa shape index (κ3) is 3.68. The van der Waals surface area contributed by atoms with Crippen LogP contribution in [0.5, 0.6) is 0 Å². The molecule has 3 rings (SSSR count). The molecule has 3 aliphatic heterocycles. The maximum atomic E-state index is 14.3. The van der Waals surface area contributed by atoms with Crippen LogP contribution < -0.4 is 0 Å². The molecule has 3 aliphatic rings. The van der Waals surface area contributed by atoms with E-state index in [0.717, 1.165) is 12.8 Å². The number of carboxylic acids is 1. The maximum absolute atomic E-state index is 14.3. The Hall–Kier alpha value is -1.93. The van der Waals surface area contributed by atoms with Crippen molar-refractivity contribution >= 4 is 17.8 Å². The van der Waals surface area contributed by atoms with Crippen molar-refractivity contribution in [3.63, 3.8) is 0 Å². The first kappa shape index (κ1) is 26.7. The van der Waals surface area contributed by atoms with E-state index in [-0.39, 0.29) is 36.3 Å². The molecular weight excluding hydrogens is 436 g/mol. The molecule has 0 aromatic carbocycles. The number of aliphatic hydroxyl groups is 1. The van der Waals surface area contributed by atoms with Crippen LogP contribution in [0.2, 0.25) is 0 Å². The summed E-state index contributed by atoms with van der Waals surface area (Å²) >= 11 is 0. The fourth-order valence-corrected chi connectivity index (χ4v) is 6.86. The zero-order valence-corrected chi connectivity index (χ0v) is 21.5. The number of carboxylic acid groups (broad SMARTS) is 1. The highest BCUT2D eigenvalue weighted by molar-refractivity contribution is 5.98. The third-order valence-corrected chi connectivity index (χ3v) is 8.95. The molecule has 0 aliphatic carbocycles. The lowest BCUT2D eigenvalue weighted by atomic mass is 9.62. The summed E-state index contributed by atoms with van der Waals surface area (Å²) < 4.78 is 6.57. The van der Waals surface area contributed by atoms with Gasteiger partial charge < -0.3 is 24.7 Å². The van der Waals surface area contributed by atoms with E-state index in [1.54, 1.807) is 17.9 Å². The summed E-state index contributed by atoms with van der Waals surface area (Å²) in [5.41, 5.74) is -2.25. The highest BCUT2D eigenvalue weighted by atomic mass is 16.5. The van der Waals surface area contributed by atoms with Crippen molar-refractivity contribution in [3.8, 4) is 0 Å². The number of rotatable bonds is 11. The lowest BCUT2D eigenvalue weighted by molar-refractivity contribution is -0.161. The predicted molar refractivity (Wildman–Crippen MR) is 128 cm³/mol. The number of hydrogen-bond donors (Lipinski definition) is 2. The van der Waals surface area contributed by atoms with Crippen LogP contribution in [-0.4, -0.2) is 80.3 Å². The number of carbonyl (C=O) groups is 3. The Morgan fingerprint density at radius 2 is 2.00 bits per heavy atom. The summed E-state index contributed by atoms with van der Waals surface area (Å²) in [6.45, 7) is 15.5. The number of aliphatic carboxylic acids is 1. The Morgan fingerprint density at radius 3 is 2.50 bits per heavy atom. The van der Waals surface area contributed by atoms with Crippen LogP contribution in [0.25, 0.3) is 0 Å². The summed E-state index contributed by atoms with van der Waals surface area (Å²) in [5.74, 6) is -3.91. The Kier molecular flexibility index (Phi) is 7.54. The second-order valence-electron chi connectivity index (χ2n) is 10.8. The molecule has 8 nitrogen and oxygen atoms in total. The molecule has 9 atom stereocenters.